The summed E-state index contributed by atoms with van der Waals surface area (Å²) in [6.07, 6.45) is 4.87. The first-order valence-corrected chi connectivity index (χ1v) is 9.82. The van der Waals surface area contributed by atoms with Crippen LogP contribution in [0, 0.1) is 13.8 Å². The van der Waals surface area contributed by atoms with Gasteiger partial charge in [-0.2, -0.15) is 5.10 Å². The third-order valence-electron chi connectivity index (χ3n) is 4.20. The lowest BCUT2D eigenvalue weighted by molar-refractivity contribution is 0.306. The van der Waals surface area contributed by atoms with Crippen LogP contribution in [0.4, 0.5) is 0 Å². The van der Waals surface area contributed by atoms with Crippen molar-refractivity contribution in [2.45, 2.75) is 33.2 Å². The highest BCUT2D eigenvalue weighted by molar-refractivity contribution is 14.0. The fourth-order valence-corrected chi connectivity index (χ4v) is 3.57. The second-order valence-electron chi connectivity index (χ2n) is 6.57. The van der Waals surface area contributed by atoms with Crippen LogP contribution in [0.5, 0.6) is 0 Å². The predicted molar refractivity (Wildman–Crippen MR) is 124 cm³/mol. The van der Waals surface area contributed by atoms with E-state index in [-0.39, 0.29) is 30.0 Å². The topological polar surface area (TPSA) is 70.4 Å². The minimum absolute atomic E-state index is 0. The van der Waals surface area contributed by atoms with Crippen molar-refractivity contribution < 1.29 is 0 Å². The number of nitrogens with zero attached hydrogens (tertiary/aromatic N) is 5. The molecule has 2 aromatic rings. The first kappa shape index (κ1) is 23.8. The van der Waals surface area contributed by atoms with E-state index >= 15 is 0 Å². The molecule has 0 aromatic carbocycles. The molecule has 0 spiro atoms. The number of thiazole rings is 1. The molecular formula is C18H32IN7S. The van der Waals surface area contributed by atoms with Crippen molar-refractivity contribution in [1.82, 2.24) is 30.3 Å². The normalized spacial score (nSPS) is 12.8. The van der Waals surface area contributed by atoms with Crippen LogP contribution in [0.25, 0.3) is 0 Å². The Balaban J connectivity index is 0.00000364. The zero-order valence-corrected chi connectivity index (χ0v) is 20.3. The zero-order valence-electron chi connectivity index (χ0n) is 17.1. The van der Waals surface area contributed by atoms with E-state index in [1.54, 1.807) is 11.3 Å². The van der Waals surface area contributed by atoms with Gasteiger partial charge in [0.05, 0.1) is 29.5 Å². The molecule has 2 aromatic heterocycles. The van der Waals surface area contributed by atoms with E-state index in [0.29, 0.717) is 6.54 Å². The van der Waals surface area contributed by atoms with Gasteiger partial charge in [-0.15, -0.1) is 35.3 Å². The molecule has 0 aliphatic carbocycles. The van der Waals surface area contributed by atoms with Crippen molar-refractivity contribution in [3.8, 4) is 0 Å². The molecule has 2 N–H and O–H groups in total. The standard InChI is InChI=1S/C18H31N7S.HI/c1-7-19-18(20-9-8-17-23-13(2)14(3)26-17)21-11-16(24(4)5)15-10-22-25(6)12-15;/h10,12,16H,7-9,11H2,1-6H3,(H2,19,20,21);1H. The van der Waals surface area contributed by atoms with Crippen molar-refractivity contribution >= 4 is 41.3 Å². The third-order valence-corrected chi connectivity index (χ3v) is 5.34. The Morgan fingerprint density at radius 2 is 2.07 bits per heavy atom. The van der Waals surface area contributed by atoms with Gasteiger partial charge in [-0.05, 0) is 34.9 Å². The molecule has 7 nitrogen and oxygen atoms in total. The van der Waals surface area contributed by atoms with Crippen LogP contribution < -0.4 is 10.6 Å². The van der Waals surface area contributed by atoms with E-state index in [4.69, 9.17) is 4.99 Å². The fraction of sp³-hybridized carbons (Fsp3) is 0.611. The van der Waals surface area contributed by atoms with E-state index in [1.807, 2.05) is 24.1 Å². The van der Waals surface area contributed by atoms with Gasteiger partial charge in [-0.1, -0.05) is 0 Å². The van der Waals surface area contributed by atoms with Crippen molar-refractivity contribution in [2.24, 2.45) is 12.0 Å². The molecule has 27 heavy (non-hydrogen) atoms. The maximum absolute atomic E-state index is 4.77. The first-order valence-electron chi connectivity index (χ1n) is 9.00. The van der Waals surface area contributed by atoms with Crippen LogP contribution in [0.3, 0.4) is 0 Å². The highest BCUT2D eigenvalue weighted by Crippen LogP contribution is 2.18. The lowest BCUT2D eigenvalue weighted by atomic mass is 10.1. The van der Waals surface area contributed by atoms with E-state index < -0.39 is 0 Å². The lowest BCUT2D eigenvalue weighted by Crippen LogP contribution is -2.39. The van der Waals surface area contributed by atoms with Crippen LogP contribution in [-0.4, -0.2) is 59.4 Å². The average Bonchev–Trinajstić information content (AvgIpc) is 3.13. The summed E-state index contributed by atoms with van der Waals surface area (Å²) in [7, 11) is 6.08. The number of rotatable bonds is 8. The predicted octanol–water partition coefficient (Wildman–Crippen LogP) is 2.51. The molecule has 2 heterocycles. The van der Waals surface area contributed by atoms with Gasteiger partial charge in [0, 0.05) is 43.2 Å². The number of hydrogen-bond acceptors (Lipinski definition) is 5. The minimum atomic E-state index is 0. The molecule has 0 aliphatic rings. The van der Waals surface area contributed by atoms with E-state index in [9.17, 15) is 0 Å². The molecule has 152 valence electrons. The SMILES string of the molecule is CCNC(=NCC(c1cnn(C)c1)N(C)C)NCCc1nc(C)c(C)s1.I. The van der Waals surface area contributed by atoms with Gasteiger partial charge in [0.15, 0.2) is 5.96 Å². The zero-order chi connectivity index (χ0) is 19.1. The molecule has 0 aliphatic heterocycles. The Bertz CT molecular complexity index is 704. The summed E-state index contributed by atoms with van der Waals surface area (Å²) in [4.78, 5) is 12.8. The Morgan fingerprint density at radius 3 is 2.59 bits per heavy atom. The van der Waals surface area contributed by atoms with E-state index in [0.717, 1.165) is 31.2 Å². The number of aliphatic imine (C=N–C) groups is 1. The van der Waals surface area contributed by atoms with Gasteiger partial charge in [0.2, 0.25) is 0 Å². The Kier molecular flexibility index (Phi) is 10.2. The molecule has 1 atom stereocenters. The summed E-state index contributed by atoms with van der Waals surface area (Å²) in [5, 5.41) is 12.2. The van der Waals surface area contributed by atoms with Gasteiger partial charge in [0.25, 0.3) is 0 Å². The average molecular weight is 505 g/mol. The van der Waals surface area contributed by atoms with Crippen LogP contribution in [0.2, 0.25) is 0 Å². The van der Waals surface area contributed by atoms with Crippen molar-refractivity contribution in [3.05, 3.63) is 33.5 Å². The van der Waals surface area contributed by atoms with Gasteiger partial charge in [0.1, 0.15) is 0 Å². The Morgan fingerprint density at radius 1 is 1.33 bits per heavy atom. The van der Waals surface area contributed by atoms with Gasteiger partial charge >= 0.3 is 0 Å². The van der Waals surface area contributed by atoms with Crippen molar-refractivity contribution in [3.63, 3.8) is 0 Å². The van der Waals surface area contributed by atoms with Crippen molar-refractivity contribution in [2.75, 3.05) is 33.7 Å². The summed E-state index contributed by atoms with van der Waals surface area (Å²) in [5.41, 5.74) is 2.31. The molecule has 0 fully saturated rings. The van der Waals surface area contributed by atoms with Crippen LogP contribution in [-0.2, 0) is 13.5 Å². The molecule has 9 heteroatoms. The van der Waals surface area contributed by atoms with Gasteiger partial charge in [-0.3, -0.25) is 9.67 Å². The Labute approximate surface area is 183 Å². The third kappa shape index (κ3) is 7.38. The summed E-state index contributed by atoms with van der Waals surface area (Å²) in [6, 6.07) is 0.198. The molecule has 0 bridgehead atoms. The molecular weight excluding hydrogens is 473 g/mol. The molecule has 0 radical (unpaired) electrons. The number of likely N-dealkylation sites (N-methyl/N-ethyl adjacent to an activating group) is 1. The number of guanidine groups is 1. The van der Waals surface area contributed by atoms with E-state index in [1.165, 1.54) is 15.4 Å². The van der Waals surface area contributed by atoms with Gasteiger partial charge < -0.3 is 15.5 Å². The number of nitrogens with one attached hydrogen (secondary N) is 2. The summed E-state index contributed by atoms with van der Waals surface area (Å²) in [5.74, 6) is 0.841. The minimum Gasteiger partial charge on any atom is -0.357 e. The number of hydrogen-bond donors (Lipinski definition) is 2. The molecule has 0 saturated carbocycles. The summed E-state index contributed by atoms with van der Waals surface area (Å²) < 4.78 is 1.83. The molecule has 0 amide bonds. The smallest absolute Gasteiger partial charge is 0.191 e. The van der Waals surface area contributed by atoms with Crippen LogP contribution in [0.1, 0.15) is 34.1 Å². The summed E-state index contributed by atoms with van der Waals surface area (Å²) in [6.45, 7) is 8.58. The van der Waals surface area contributed by atoms with Crippen molar-refractivity contribution in [1.29, 1.82) is 0 Å². The maximum atomic E-state index is 4.77. The molecule has 0 saturated heterocycles. The molecule has 2 rings (SSSR count). The highest BCUT2D eigenvalue weighted by atomic mass is 127. The number of aromatic nitrogens is 3. The number of aryl methyl sites for hydroxylation is 3. The second-order valence-corrected chi connectivity index (χ2v) is 7.86. The maximum Gasteiger partial charge on any atom is 0.191 e. The number of halogens is 1. The largest absolute Gasteiger partial charge is 0.357 e. The van der Waals surface area contributed by atoms with E-state index in [2.05, 4.69) is 60.5 Å². The Hall–Kier alpha value is -1.20. The van der Waals surface area contributed by atoms with Crippen LogP contribution in [0.15, 0.2) is 17.4 Å². The quantitative estimate of drug-likeness (QED) is 0.328. The van der Waals surface area contributed by atoms with Crippen LogP contribution >= 0.6 is 35.3 Å². The highest BCUT2D eigenvalue weighted by Gasteiger charge is 2.15. The second kappa shape index (κ2) is 11.6. The van der Waals surface area contributed by atoms with Gasteiger partial charge in [-0.25, -0.2) is 4.98 Å². The monoisotopic (exact) mass is 505 g/mol. The first-order chi connectivity index (χ1) is 12.4. The lowest BCUT2D eigenvalue weighted by Gasteiger charge is -2.22. The summed E-state index contributed by atoms with van der Waals surface area (Å²) >= 11 is 1.77. The molecule has 1 unspecified atom stereocenters. The fourth-order valence-electron chi connectivity index (χ4n) is 2.63.